The number of H-pyrrole nitrogens is 1. The van der Waals surface area contributed by atoms with E-state index >= 15 is 0 Å². The quantitative estimate of drug-likeness (QED) is 0.569. The molecule has 0 spiro atoms. The van der Waals surface area contributed by atoms with Crippen molar-refractivity contribution in [2.45, 2.75) is 12.6 Å². The predicted molar refractivity (Wildman–Crippen MR) is 104 cm³/mol. The largest absolute Gasteiger partial charge is 0.494 e. The first-order valence-corrected chi connectivity index (χ1v) is 8.97. The number of rotatable bonds is 4. The van der Waals surface area contributed by atoms with E-state index in [0.29, 0.717) is 18.0 Å². The molecule has 8 heteroatoms. The molecule has 0 unspecified atom stereocenters. The van der Waals surface area contributed by atoms with E-state index in [9.17, 15) is 9.18 Å². The summed E-state index contributed by atoms with van der Waals surface area (Å²) in [6, 6.07) is 7.80. The lowest BCUT2D eigenvalue weighted by Crippen LogP contribution is -2.15. The van der Waals surface area contributed by atoms with Gasteiger partial charge in [0, 0.05) is 23.4 Å². The standard InChI is InChI=1S/C20H18FN5O2/c1-26-15(12-4-3-10-8-23-25-18(10)19(12)28-2)5-11-6-17(22-9-16(11)26)24-20(27)13-7-14(13)21/h3-6,8-9,13-14H,7H2,1-2H3,(H,23,25)(H,22,24,27)/t13-,14+/m1/s1. The van der Waals surface area contributed by atoms with Gasteiger partial charge < -0.3 is 14.6 Å². The minimum atomic E-state index is -1.03. The van der Waals surface area contributed by atoms with Gasteiger partial charge in [0.15, 0.2) is 5.75 Å². The third-order valence-corrected chi connectivity index (χ3v) is 5.28. The summed E-state index contributed by atoms with van der Waals surface area (Å²) in [5, 5.41) is 11.7. The van der Waals surface area contributed by atoms with Crippen molar-refractivity contribution in [3.05, 3.63) is 36.7 Å². The lowest BCUT2D eigenvalue weighted by atomic mass is 10.1. The highest BCUT2D eigenvalue weighted by Gasteiger charge is 2.43. The van der Waals surface area contributed by atoms with Crippen LogP contribution in [0.4, 0.5) is 10.2 Å². The van der Waals surface area contributed by atoms with Crippen LogP contribution in [0, 0.1) is 5.92 Å². The molecule has 1 aliphatic carbocycles. The molecule has 5 rings (SSSR count). The summed E-state index contributed by atoms with van der Waals surface area (Å²) in [4.78, 5) is 16.3. The molecular weight excluding hydrogens is 361 g/mol. The Hall–Kier alpha value is -3.42. The van der Waals surface area contributed by atoms with Crippen molar-refractivity contribution in [3.8, 4) is 17.0 Å². The first-order valence-electron chi connectivity index (χ1n) is 8.97. The van der Waals surface area contributed by atoms with Crippen molar-refractivity contribution < 1.29 is 13.9 Å². The summed E-state index contributed by atoms with van der Waals surface area (Å²) >= 11 is 0. The van der Waals surface area contributed by atoms with Crippen LogP contribution in [0.1, 0.15) is 6.42 Å². The maximum atomic E-state index is 13.1. The molecule has 1 aromatic carbocycles. The molecular formula is C20H18FN5O2. The first kappa shape index (κ1) is 16.7. The van der Waals surface area contributed by atoms with Crippen LogP contribution in [0.2, 0.25) is 0 Å². The van der Waals surface area contributed by atoms with Gasteiger partial charge in [0.1, 0.15) is 17.5 Å². The molecule has 3 heterocycles. The van der Waals surface area contributed by atoms with Crippen molar-refractivity contribution in [2.75, 3.05) is 12.4 Å². The number of hydrogen-bond donors (Lipinski definition) is 2. The number of carbonyl (C=O) groups is 1. The fourth-order valence-electron chi connectivity index (χ4n) is 3.62. The Morgan fingerprint density at radius 1 is 1.32 bits per heavy atom. The van der Waals surface area contributed by atoms with Crippen molar-refractivity contribution >= 4 is 33.5 Å². The zero-order chi connectivity index (χ0) is 19.4. The van der Waals surface area contributed by atoms with E-state index < -0.39 is 12.1 Å². The van der Waals surface area contributed by atoms with E-state index in [-0.39, 0.29) is 5.91 Å². The molecule has 7 nitrogen and oxygen atoms in total. The van der Waals surface area contributed by atoms with Crippen molar-refractivity contribution in [1.82, 2.24) is 19.7 Å². The number of aromatic nitrogens is 4. The van der Waals surface area contributed by atoms with Gasteiger partial charge in [-0.3, -0.25) is 9.89 Å². The first-order chi connectivity index (χ1) is 13.6. The number of ether oxygens (including phenoxy) is 1. The van der Waals surface area contributed by atoms with E-state index in [1.54, 1.807) is 25.6 Å². The van der Waals surface area contributed by atoms with Crippen LogP contribution < -0.4 is 10.1 Å². The highest BCUT2D eigenvalue weighted by Crippen LogP contribution is 2.38. The second kappa shape index (κ2) is 6.05. The summed E-state index contributed by atoms with van der Waals surface area (Å²) in [6.07, 6.45) is 2.72. The monoisotopic (exact) mass is 379 g/mol. The van der Waals surface area contributed by atoms with E-state index in [1.165, 1.54) is 0 Å². The highest BCUT2D eigenvalue weighted by molar-refractivity contribution is 5.98. The molecule has 28 heavy (non-hydrogen) atoms. The molecule has 1 saturated carbocycles. The van der Waals surface area contributed by atoms with Gasteiger partial charge in [0.2, 0.25) is 5.91 Å². The molecule has 4 aromatic rings. The van der Waals surface area contributed by atoms with Gasteiger partial charge in [-0.25, -0.2) is 9.37 Å². The van der Waals surface area contributed by atoms with Gasteiger partial charge >= 0.3 is 0 Å². The number of nitrogens with one attached hydrogen (secondary N) is 2. The van der Waals surface area contributed by atoms with Gasteiger partial charge in [0.05, 0.1) is 36.6 Å². The predicted octanol–water partition coefficient (Wildman–Crippen LogP) is 3.42. The van der Waals surface area contributed by atoms with Gasteiger partial charge in [-0.1, -0.05) is 6.07 Å². The minimum absolute atomic E-state index is 0.291. The third-order valence-electron chi connectivity index (χ3n) is 5.28. The second-order valence-corrected chi connectivity index (χ2v) is 7.04. The molecule has 2 atom stereocenters. The Morgan fingerprint density at radius 3 is 2.89 bits per heavy atom. The number of amides is 1. The summed E-state index contributed by atoms with van der Waals surface area (Å²) in [7, 11) is 3.58. The lowest BCUT2D eigenvalue weighted by Gasteiger charge is -2.10. The van der Waals surface area contributed by atoms with Gasteiger partial charge in [0.25, 0.3) is 0 Å². The number of benzene rings is 1. The topological polar surface area (TPSA) is 84.8 Å². The van der Waals surface area contributed by atoms with E-state index in [4.69, 9.17) is 4.74 Å². The number of methoxy groups -OCH3 is 1. The molecule has 1 aliphatic rings. The summed E-state index contributed by atoms with van der Waals surface area (Å²) in [5.74, 6) is 0.269. The summed E-state index contributed by atoms with van der Waals surface area (Å²) < 4.78 is 20.8. The smallest absolute Gasteiger partial charge is 0.231 e. The van der Waals surface area contributed by atoms with Crippen molar-refractivity contribution in [3.63, 3.8) is 0 Å². The number of carbonyl (C=O) groups excluding carboxylic acids is 1. The third kappa shape index (κ3) is 2.52. The molecule has 1 fully saturated rings. The number of halogens is 1. The van der Waals surface area contributed by atoms with Crippen LogP contribution >= 0.6 is 0 Å². The van der Waals surface area contributed by atoms with Crippen molar-refractivity contribution in [1.29, 1.82) is 0 Å². The number of aromatic amines is 1. The molecule has 0 radical (unpaired) electrons. The zero-order valence-corrected chi connectivity index (χ0v) is 15.4. The van der Waals surface area contributed by atoms with Crippen LogP contribution in [-0.4, -0.2) is 38.9 Å². The van der Waals surface area contributed by atoms with Crippen LogP contribution in [0.15, 0.2) is 36.7 Å². The van der Waals surface area contributed by atoms with E-state index in [0.717, 1.165) is 33.1 Å². The van der Waals surface area contributed by atoms with E-state index in [1.807, 2.05) is 29.8 Å². The summed E-state index contributed by atoms with van der Waals surface area (Å²) in [6.45, 7) is 0. The minimum Gasteiger partial charge on any atom is -0.494 e. The lowest BCUT2D eigenvalue weighted by molar-refractivity contribution is -0.117. The summed E-state index contributed by atoms with van der Waals surface area (Å²) in [5.41, 5.74) is 3.61. The van der Waals surface area contributed by atoms with Crippen LogP contribution in [0.5, 0.6) is 5.75 Å². The van der Waals surface area contributed by atoms with Crippen molar-refractivity contribution in [2.24, 2.45) is 13.0 Å². The average Bonchev–Trinajstić information content (AvgIpc) is 3.10. The van der Waals surface area contributed by atoms with Gasteiger partial charge in [-0.05, 0) is 24.6 Å². The average molecular weight is 379 g/mol. The molecule has 0 bridgehead atoms. The normalized spacial score (nSPS) is 18.5. The van der Waals surface area contributed by atoms with Gasteiger partial charge in [-0.15, -0.1) is 0 Å². The molecule has 3 aromatic heterocycles. The number of fused-ring (bicyclic) bond motifs is 2. The van der Waals surface area contributed by atoms with E-state index in [2.05, 4.69) is 20.5 Å². The number of aryl methyl sites for hydroxylation is 1. The molecule has 1 amide bonds. The maximum absolute atomic E-state index is 13.1. The Balaban J connectivity index is 1.57. The SMILES string of the molecule is COc1c(-c2cc3cc(NC(=O)[C@@H]4C[C@@H]4F)ncc3n2C)ccc2cn[nH]c12. The second-order valence-electron chi connectivity index (χ2n) is 7.04. The van der Waals surface area contributed by atoms with Crippen LogP contribution in [-0.2, 0) is 11.8 Å². The number of alkyl halides is 1. The maximum Gasteiger partial charge on any atom is 0.231 e. The van der Waals surface area contributed by atoms with Gasteiger partial charge in [-0.2, -0.15) is 5.10 Å². The fraction of sp³-hybridized carbons (Fsp3) is 0.250. The number of anilines is 1. The van der Waals surface area contributed by atoms with Crippen LogP contribution in [0.3, 0.4) is 0 Å². The zero-order valence-electron chi connectivity index (χ0n) is 15.4. The number of pyridine rings is 1. The Bertz CT molecular complexity index is 1230. The Kier molecular flexibility index (Phi) is 3.61. The molecule has 2 N–H and O–H groups in total. The number of nitrogens with zero attached hydrogens (tertiary/aromatic N) is 3. The van der Waals surface area contributed by atoms with Crippen LogP contribution in [0.25, 0.3) is 33.1 Å². The molecule has 0 aliphatic heterocycles. The Labute approximate surface area is 159 Å². The highest BCUT2D eigenvalue weighted by atomic mass is 19.1. The number of hydrogen-bond acceptors (Lipinski definition) is 4. The molecule has 0 saturated heterocycles. The molecule has 142 valence electrons. The fourth-order valence-corrected chi connectivity index (χ4v) is 3.62. The Morgan fingerprint density at radius 2 is 2.14 bits per heavy atom.